The Hall–Kier alpha value is -2.41. The molecule has 0 bridgehead atoms. The number of benzene rings is 2. The van der Waals surface area contributed by atoms with Crippen LogP contribution in [0.15, 0.2) is 53.4 Å². The topological polar surface area (TPSA) is 69.4 Å². The number of hydrogen-bond donors (Lipinski definition) is 0. The normalized spacial score (nSPS) is 15.7. The Labute approximate surface area is 148 Å². The molecule has 0 atom stereocenters. The lowest BCUT2D eigenvalue weighted by Gasteiger charge is -2.25. The van der Waals surface area contributed by atoms with E-state index < -0.39 is 27.1 Å². The summed E-state index contributed by atoms with van der Waals surface area (Å²) in [5, 5.41) is 11.1. The third-order valence-corrected chi connectivity index (χ3v) is 5.63. The monoisotopic (exact) mass is 361 g/mol. The van der Waals surface area contributed by atoms with Crippen LogP contribution in [0.25, 0.3) is 0 Å². The van der Waals surface area contributed by atoms with Gasteiger partial charge in [-0.05, 0) is 31.0 Å². The number of ether oxygens (including phenoxy) is 1. The molecule has 0 heterocycles. The summed E-state index contributed by atoms with van der Waals surface area (Å²) in [6, 6.07) is 12.3. The van der Waals surface area contributed by atoms with Gasteiger partial charge in [0.25, 0.3) is 0 Å². The summed E-state index contributed by atoms with van der Waals surface area (Å²) in [6.45, 7) is 0. The Morgan fingerprint density at radius 2 is 1.84 bits per heavy atom. The van der Waals surface area contributed by atoms with Crippen LogP contribution in [-0.4, -0.2) is 15.6 Å². The molecule has 0 spiro atoms. The van der Waals surface area contributed by atoms with Crippen LogP contribution in [0.3, 0.4) is 0 Å². The van der Waals surface area contributed by atoms with Crippen LogP contribution in [0.2, 0.25) is 0 Å². The van der Waals surface area contributed by atoms with E-state index in [9.17, 15) is 19.3 Å². The molecule has 0 aliphatic heterocycles. The number of halogens is 1. The molecule has 1 saturated carbocycles. The zero-order chi connectivity index (χ0) is 17.9. The average molecular weight is 361 g/mol. The van der Waals surface area contributed by atoms with E-state index in [0.717, 1.165) is 35.9 Å². The second-order valence-corrected chi connectivity index (χ2v) is 7.33. The zero-order valence-electron chi connectivity index (χ0n) is 13.3. The fraction of sp³-hybridized carbons (Fsp3) is 0.278. The zero-order valence-corrected chi connectivity index (χ0v) is 14.1. The van der Waals surface area contributed by atoms with Crippen molar-refractivity contribution in [2.45, 2.75) is 35.3 Å². The number of nitro groups is 1. The molecule has 1 aliphatic carbocycles. The second kappa shape index (κ2) is 7.23. The largest absolute Gasteiger partial charge is 0.418 e. The van der Waals surface area contributed by atoms with Crippen LogP contribution in [0.1, 0.15) is 25.7 Å². The van der Waals surface area contributed by atoms with E-state index in [1.165, 1.54) is 11.8 Å². The lowest BCUT2D eigenvalue weighted by molar-refractivity contribution is -0.385. The molecular weight excluding hydrogens is 345 g/mol. The van der Waals surface area contributed by atoms with Gasteiger partial charge in [-0.25, -0.2) is 4.39 Å². The van der Waals surface area contributed by atoms with Crippen LogP contribution in [0, 0.1) is 15.9 Å². The highest BCUT2D eigenvalue weighted by atomic mass is 32.2. The van der Waals surface area contributed by atoms with Gasteiger partial charge in [0.05, 0.1) is 4.92 Å². The quantitative estimate of drug-likeness (QED) is 0.333. The third-order valence-electron chi connectivity index (χ3n) is 4.16. The lowest BCUT2D eigenvalue weighted by Crippen LogP contribution is -2.36. The fourth-order valence-corrected chi connectivity index (χ4v) is 4.28. The van der Waals surface area contributed by atoms with Gasteiger partial charge in [0.15, 0.2) is 0 Å². The van der Waals surface area contributed by atoms with Crippen molar-refractivity contribution in [2.24, 2.45) is 0 Å². The van der Waals surface area contributed by atoms with Crippen molar-refractivity contribution >= 4 is 23.4 Å². The van der Waals surface area contributed by atoms with Crippen LogP contribution in [-0.2, 0) is 4.79 Å². The Morgan fingerprint density at radius 3 is 2.48 bits per heavy atom. The summed E-state index contributed by atoms with van der Waals surface area (Å²) in [6.07, 6.45) is 2.99. The first-order valence-electron chi connectivity index (χ1n) is 7.90. The van der Waals surface area contributed by atoms with E-state index in [1.54, 1.807) is 0 Å². The van der Waals surface area contributed by atoms with Gasteiger partial charge in [-0.1, -0.05) is 31.0 Å². The van der Waals surface area contributed by atoms with Crippen molar-refractivity contribution in [3.63, 3.8) is 0 Å². The van der Waals surface area contributed by atoms with Gasteiger partial charge in [0.2, 0.25) is 5.75 Å². The van der Waals surface area contributed by atoms with Crippen LogP contribution >= 0.6 is 11.8 Å². The molecule has 0 unspecified atom stereocenters. The van der Waals surface area contributed by atoms with Gasteiger partial charge in [0, 0.05) is 17.0 Å². The number of thioether (sulfide) groups is 1. The highest BCUT2D eigenvalue weighted by molar-refractivity contribution is 8.01. The molecule has 25 heavy (non-hydrogen) atoms. The van der Waals surface area contributed by atoms with Gasteiger partial charge in [-0.15, -0.1) is 11.8 Å². The molecule has 0 amide bonds. The summed E-state index contributed by atoms with van der Waals surface area (Å²) >= 11 is 1.41. The Kier molecular flexibility index (Phi) is 5.03. The van der Waals surface area contributed by atoms with Gasteiger partial charge in [0.1, 0.15) is 10.6 Å². The smallest absolute Gasteiger partial charge is 0.328 e. The molecule has 0 radical (unpaired) electrons. The first kappa shape index (κ1) is 17.4. The van der Waals surface area contributed by atoms with Crippen LogP contribution in [0.4, 0.5) is 10.1 Å². The summed E-state index contributed by atoms with van der Waals surface area (Å²) in [5.74, 6) is -1.60. The number of carbonyl (C=O) groups excluding carboxylic acids is 1. The molecule has 130 valence electrons. The van der Waals surface area contributed by atoms with Crippen molar-refractivity contribution in [3.8, 4) is 5.75 Å². The van der Waals surface area contributed by atoms with Gasteiger partial charge < -0.3 is 4.74 Å². The number of rotatable bonds is 5. The number of nitro benzene ring substituents is 1. The molecule has 7 heteroatoms. The molecule has 3 rings (SSSR count). The van der Waals surface area contributed by atoms with Crippen molar-refractivity contribution in [1.29, 1.82) is 0 Å². The van der Waals surface area contributed by atoms with Gasteiger partial charge in [-0.3, -0.25) is 14.9 Å². The average Bonchev–Trinajstić information content (AvgIpc) is 3.05. The third kappa shape index (κ3) is 3.82. The Morgan fingerprint density at radius 1 is 1.16 bits per heavy atom. The maximum atomic E-state index is 13.5. The van der Waals surface area contributed by atoms with E-state index in [1.807, 2.05) is 30.3 Å². The summed E-state index contributed by atoms with van der Waals surface area (Å²) in [5.41, 5.74) is -0.424. The second-order valence-electron chi connectivity index (χ2n) is 5.88. The lowest BCUT2D eigenvalue weighted by atomic mass is 10.1. The first-order chi connectivity index (χ1) is 12.0. The minimum atomic E-state index is -0.804. The predicted molar refractivity (Wildman–Crippen MR) is 92.2 cm³/mol. The predicted octanol–water partition coefficient (Wildman–Crippen LogP) is 4.74. The molecule has 5 nitrogen and oxygen atoms in total. The van der Waals surface area contributed by atoms with Crippen molar-refractivity contribution in [2.75, 3.05) is 0 Å². The highest BCUT2D eigenvalue weighted by Gasteiger charge is 2.44. The molecule has 2 aromatic carbocycles. The number of carbonyl (C=O) groups is 1. The first-order valence-corrected chi connectivity index (χ1v) is 8.72. The van der Waals surface area contributed by atoms with Crippen molar-refractivity contribution in [3.05, 3.63) is 64.5 Å². The molecule has 2 aromatic rings. The van der Waals surface area contributed by atoms with Crippen molar-refractivity contribution in [1.82, 2.24) is 0 Å². The standard InChI is InChI=1S/C18H16FNO4S/c19-13-8-9-15(20(22)23)16(12-13)24-17(21)18(10-4-5-11-18)25-14-6-2-1-3-7-14/h1-3,6-9,12H,4-5,10-11H2. The van der Waals surface area contributed by atoms with E-state index in [0.29, 0.717) is 12.8 Å². The SMILES string of the molecule is O=C(Oc1cc(F)ccc1[N+](=O)[O-])C1(Sc2ccccc2)CCCC1. The summed E-state index contributed by atoms with van der Waals surface area (Å²) in [4.78, 5) is 24.2. The Balaban J connectivity index is 1.87. The molecular formula is C18H16FNO4S. The van der Waals surface area contributed by atoms with Gasteiger partial charge >= 0.3 is 11.7 Å². The maximum absolute atomic E-state index is 13.5. The molecule has 0 aromatic heterocycles. The minimum absolute atomic E-state index is 0.352. The summed E-state index contributed by atoms with van der Waals surface area (Å²) < 4.78 is 18.0. The Bertz CT molecular complexity index is 791. The van der Waals surface area contributed by atoms with E-state index in [-0.39, 0.29) is 5.75 Å². The van der Waals surface area contributed by atoms with Crippen LogP contribution < -0.4 is 4.74 Å². The number of nitrogens with zero attached hydrogens (tertiary/aromatic N) is 1. The fourth-order valence-electron chi connectivity index (χ4n) is 2.92. The van der Waals surface area contributed by atoms with E-state index in [4.69, 9.17) is 4.74 Å². The van der Waals surface area contributed by atoms with Crippen LogP contribution in [0.5, 0.6) is 5.75 Å². The molecule has 1 aliphatic rings. The minimum Gasteiger partial charge on any atom is -0.418 e. The van der Waals surface area contributed by atoms with E-state index in [2.05, 4.69) is 0 Å². The molecule has 1 fully saturated rings. The van der Waals surface area contributed by atoms with Gasteiger partial charge in [-0.2, -0.15) is 0 Å². The highest BCUT2D eigenvalue weighted by Crippen LogP contribution is 2.46. The molecule has 0 N–H and O–H groups in total. The maximum Gasteiger partial charge on any atom is 0.328 e. The number of esters is 1. The van der Waals surface area contributed by atoms with Crippen molar-refractivity contribution < 1.29 is 18.8 Å². The number of hydrogen-bond acceptors (Lipinski definition) is 5. The molecule has 0 saturated heterocycles. The summed E-state index contributed by atoms with van der Waals surface area (Å²) in [7, 11) is 0. The van der Waals surface area contributed by atoms with E-state index >= 15 is 0 Å².